The van der Waals surface area contributed by atoms with E-state index < -0.39 is 18.1 Å². The molecule has 0 aromatic rings. The Bertz CT molecular complexity index is 1290. The molecule has 2 atom stereocenters. The van der Waals surface area contributed by atoms with Crippen molar-refractivity contribution in [1.29, 1.82) is 0 Å². The normalized spacial score (nSPS) is 13.6. The predicted molar refractivity (Wildman–Crippen MR) is 261 cm³/mol. The van der Waals surface area contributed by atoms with E-state index in [1.165, 1.54) is 70.6 Å². The first-order valence-electron chi connectivity index (χ1n) is 24.7. The van der Waals surface area contributed by atoms with E-state index >= 15 is 0 Å². The van der Waals surface area contributed by atoms with Crippen molar-refractivity contribution in [2.24, 2.45) is 0 Å². The molecule has 0 radical (unpaired) electrons. The van der Waals surface area contributed by atoms with Crippen LogP contribution < -0.4 is 0 Å². The number of nitrogens with zero attached hydrogens (tertiary/aromatic N) is 1. The van der Waals surface area contributed by atoms with E-state index in [1.54, 1.807) is 0 Å². The van der Waals surface area contributed by atoms with Crippen molar-refractivity contribution in [1.82, 2.24) is 0 Å². The van der Waals surface area contributed by atoms with Gasteiger partial charge in [-0.2, -0.15) is 0 Å². The number of carbonyl (C=O) groups is 3. The zero-order valence-corrected chi connectivity index (χ0v) is 40.3. The quantitative estimate of drug-likeness (QED) is 0.0214. The van der Waals surface area contributed by atoms with Gasteiger partial charge in [-0.3, -0.25) is 9.59 Å². The van der Waals surface area contributed by atoms with Gasteiger partial charge in [-0.05, 0) is 70.6 Å². The molecule has 354 valence electrons. The molecule has 0 spiro atoms. The first-order valence-corrected chi connectivity index (χ1v) is 24.7. The Morgan fingerprint density at radius 3 is 1.48 bits per heavy atom. The lowest BCUT2D eigenvalue weighted by molar-refractivity contribution is -0.887. The van der Waals surface area contributed by atoms with Crippen molar-refractivity contribution >= 4 is 17.9 Å². The summed E-state index contributed by atoms with van der Waals surface area (Å²) in [6.07, 6.45) is 57.6. The van der Waals surface area contributed by atoms with Crippen LogP contribution in [0.5, 0.6) is 0 Å². The first-order chi connectivity index (χ1) is 30.1. The van der Waals surface area contributed by atoms with E-state index in [2.05, 4.69) is 98.9 Å². The average Bonchev–Trinajstić information content (AvgIpc) is 3.23. The molecule has 2 unspecified atom stereocenters. The van der Waals surface area contributed by atoms with Crippen LogP contribution in [-0.2, 0) is 28.6 Å². The summed E-state index contributed by atoms with van der Waals surface area (Å²) in [5.74, 6) is -1.51. The van der Waals surface area contributed by atoms with Crippen molar-refractivity contribution in [3.8, 4) is 0 Å². The van der Waals surface area contributed by atoms with Gasteiger partial charge in [0.2, 0.25) is 0 Å². The minimum absolute atomic E-state index is 0.0473. The van der Waals surface area contributed by atoms with E-state index in [-0.39, 0.29) is 36.2 Å². The van der Waals surface area contributed by atoms with Gasteiger partial charge in [0.15, 0.2) is 12.1 Å². The van der Waals surface area contributed by atoms with Crippen LogP contribution in [0, 0.1) is 0 Å². The zero-order valence-electron chi connectivity index (χ0n) is 40.3. The van der Waals surface area contributed by atoms with E-state index in [9.17, 15) is 19.5 Å². The molecule has 62 heavy (non-hydrogen) atoms. The number of hydrogen-bond donors (Lipinski definition) is 1. The van der Waals surface area contributed by atoms with Crippen LogP contribution >= 0.6 is 0 Å². The molecule has 0 bridgehead atoms. The molecule has 8 heteroatoms. The molecule has 0 aliphatic carbocycles. The molecule has 0 aromatic carbocycles. The number of carbonyl (C=O) groups excluding carboxylic acids is 2. The summed E-state index contributed by atoms with van der Waals surface area (Å²) in [7, 11) is 5.52. The fraction of sp³-hybridized carbons (Fsp3) is 0.685. The van der Waals surface area contributed by atoms with Gasteiger partial charge in [0, 0.05) is 19.3 Å². The van der Waals surface area contributed by atoms with Gasteiger partial charge in [-0.15, -0.1) is 0 Å². The van der Waals surface area contributed by atoms with E-state index in [0.717, 1.165) is 83.5 Å². The topological polar surface area (TPSA) is 99.1 Å². The second-order valence-electron chi connectivity index (χ2n) is 17.4. The fourth-order valence-corrected chi connectivity index (χ4v) is 6.82. The third kappa shape index (κ3) is 41.8. The third-order valence-corrected chi connectivity index (χ3v) is 10.6. The highest BCUT2D eigenvalue weighted by Crippen LogP contribution is 2.14. The third-order valence-electron chi connectivity index (χ3n) is 10.6. The van der Waals surface area contributed by atoms with Gasteiger partial charge in [-0.25, -0.2) is 4.79 Å². The number of allylic oxidation sites excluding steroid dienone is 14. The van der Waals surface area contributed by atoms with Crippen molar-refractivity contribution < 1.29 is 38.2 Å². The van der Waals surface area contributed by atoms with E-state index in [0.29, 0.717) is 19.3 Å². The second kappa shape index (κ2) is 44.1. The number of unbranched alkanes of at least 4 members (excludes halogenated alkanes) is 18. The maximum absolute atomic E-state index is 12.8. The van der Waals surface area contributed by atoms with Crippen molar-refractivity contribution in [3.05, 3.63) is 85.1 Å². The summed E-state index contributed by atoms with van der Waals surface area (Å²) in [4.78, 5) is 37.1. The van der Waals surface area contributed by atoms with Gasteiger partial charge in [0.1, 0.15) is 6.61 Å². The van der Waals surface area contributed by atoms with Gasteiger partial charge in [0.25, 0.3) is 0 Å². The minimum atomic E-state index is -0.882. The number of quaternary nitrogens is 1. The Kier molecular flexibility index (Phi) is 41.6. The molecule has 0 aliphatic rings. The molecule has 0 aromatic heterocycles. The highest BCUT2D eigenvalue weighted by atomic mass is 16.6. The maximum atomic E-state index is 12.8. The van der Waals surface area contributed by atoms with E-state index in [1.807, 2.05) is 21.1 Å². The lowest BCUT2D eigenvalue weighted by Crippen LogP contribution is -2.50. The number of carboxylic acids is 1. The smallest absolute Gasteiger partial charge is 0.362 e. The number of carboxylic acid groups (broad SMARTS) is 1. The molecule has 0 rings (SSSR count). The van der Waals surface area contributed by atoms with Crippen LogP contribution in [0.3, 0.4) is 0 Å². The van der Waals surface area contributed by atoms with Crippen LogP contribution in [-0.4, -0.2) is 80.6 Å². The molecule has 8 nitrogen and oxygen atoms in total. The molecular formula is C54H92NO7+. The summed E-state index contributed by atoms with van der Waals surface area (Å²) >= 11 is 0. The Labute approximate surface area is 380 Å². The van der Waals surface area contributed by atoms with Gasteiger partial charge in [-0.1, -0.05) is 182 Å². The van der Waals surface area contributed by atoms with Crippen molar-refractivity contribution in [3.63, 3.8) is 0 Å². The summed E-state index contributed by atoms with van der Waals surface area (Å²) < 4.78 is 17.3. The van der Waals surface area contributed by atoms with Crippen LogP contribution in [0.1, 0.15) is 187 Å². The monoisotopic (exact) mass is 867 g/mol. The molecule has 1 N–H and O–H groups in total. The molecule has 0 aliphatic heterocycles. The Balaban J connectivity index is 4.34. The van der Waals surface area contributed by atoms with Crippen LogP contribution in [0.4, 0.5) is 0 Å². The summed E-state index contributed by atoms with van der Waals surface area (Å²) in [5.41, 5.74) is 0. The van der Waals surface area contributed by atoms with Gasteiger partial charge in [0.05, 0.1) is 34.4 Å². The Hall–Kier alpha value is -3.49. The lowest BCUT2D eigenvalue weighted by atomic mass is 10.0. The summed E-state index contributed by atoms with van der Waals surface area (Å²) in [6, 6.07) is -0.624. The SMILES string of the molecule is CC/C=C/C/C=C/C/C=C/CCCCCCCCCCCCC(=O)OC(COCCC(C(=O)O)[N+](C)(C)C)COC(=O)CCCCCCC/C=C/C=C/C=C/C=C/CCCCC. The number of esters is 2. The highest BCUT2D eigenvalue weighted by molar-refractivity contribution is 5.72. The minimum Gasteiger partial charge on any atom is -0.477 e. The summed E-state index contributed by atoms with van der Waals surface area (Å²) in [5, 5.41) is 9.65. The van der Waals surface area contributed by atoms with Crippen LogP contribution in [0.25, 0.3) is 0 Å². The molecule has 0 saturated carbocycles. The highest BCUT2D eigenvalue weighted by Gasteiger charge is 2.31. The number of hydrogen-bond acceptors (Lipinski definition) is 6. The number of likely N-dealkylation sites (N-methyl/N-ethyl adjacent to an activating group) is 1. The summed E-state index contributed by atoms with van der Waals surface area (Å²) in [6.45, 7) is 4.56. The van der Waals surface area contributed by atoms with Crippen LogP contribution in [0.15, 0.2) is 85.1 Å². The maximum Gasteiger partial charge on any atom is 0.362 e. The van der Waals surface area contributed by atoms with Crippen molar-refractivity contribution in [2.45, 2.75) is 199 Å². The lowest BCUT2D eigenvalue weighted by Gasteiger charge is -2.31. The Morgan fingerprint density at radius 2 is 0.968 bits per heavy atom. The molecule has 0 saturated heterocycles. The number of ether oxygens (including phenoxy) is 3. The molecule has 0 heterocycles. The van der Waals surface area contributed by atoms with Gasteiger partial charge < -0.3 is 23.8 Å². The fourth-order valence-electron chi connectivity index (χ4n) is 6.82. The van der Waals surface area contributed by atoms with Crippen molar-refractivity contribution in [2.75, 3.05) is 41.0 Å². The molecule has 0 fully saturated rings. The predicted octanol–water partition coefficient (Wildman–Crippen LogP) is 14.1. The van der Waals surface area contributed by atoms with Crippen LogP contribution in [0.2, 0.25) is 0 Å². The van der Waals surface area contributed by atoms with E-state index in [4.69, 9.17) is 14.2 Å². The molecular weight excluding hydrogens is 775 g/mol. The largest absolute Gasteiger partial charge is 0.477 e. The second-order valence-corrected chi connectivity index (χ2v) is 17.4. The number of rotatable bonds is 43. The number of aliphatic carboxylic acids is 1. The van der Waals surface area contributed by atoms with Gasteiger partial charge >= 0.3 is 17.9 Å². The average molecular weight is 867 g/mol. The molecule has 0 amide bonds. The standard InChI is InChI=1S/C54H91NO7/c1-6-8-10-12-14-16-18-20-22-24-26-27-29-31-33-35-37-39-41-43-45-53(57)62-50(48-60-47-46-51(54(58)59)55(3,4)5)49-61-52(56)44-42-40-38-36-34-32-30-28-25-23-21-19-17-15-13-11-9-7-2/h8,10,14-17,19-23,25,28,30,50-51H,6-7,9,11-13,18,24,26-27,29,31-49H2,1-5H3/p+1/b10-8+,16-14+,17-15+,21-19+,22-20+,25-23+,30-28+. The Morgan fingerprint density at radius 1 is 0.516 bits per heavy atom. The first kappa shape index (κ1) is 58.5. The zero-order chi connectivity index (χ0) is 45.6.